The minimum Gasteiger partial charge on any atom is -0.508 e. The molecule has 0 amide bonds. The van der Waals surface area contributed by atoms with E-state index in [4.69, 9.17) is 8.94 Å². The lowest BCUT2D eigenvalue weighted by molar-refractivity contribution is 0.412. The van der Waals surface area contributed by atoms with E-state index in [0.717, 1.165) is 17.7 Å². The maximum Gasteiger partial charge on any atom is 0.293 e. The lowest BCUT2D eigenvalue weighted by Crippen LogP contribution is -1.80. The van der Waals surface area contributed by atoms with Crippen molar-refractivity contribution < 1.29 is 14.0 Å². The van der Waals surface area contributed by atoms with Crippen LogP contribution in [0.2, 0.25) is 0 Å². The summed E-state index contributed by atoms with van der Waals surface area (Å²) in [5.41, 5.74) is 0.773. The van der Waals surface area contributed by atoms with E-state index < -0.39 is 0 Å². The van der Waals surface area contributed by atoms with E-state index in [0.29, 0.717) is 17.5 Å². The van der Waals surface area contributed by atoms with E-state index >= 15 is 0 Å². The molecule has 5 nitrogen and oxygen atoms in total. The van der Waals surface area contributed by atoms with Crippen molar-refractivity contribution in [3.63, 3.8) is 0 Å². The third-order valence-corrected chi connectivity index (χ3v) is 2.77. The number of nitrogens with zero attached hydrogens (tertiary/aromatic N) is 2. The van der Waals surface area contributed by atoms with Gasteiger partial charge in [-0.1, -0.05) is 12.1 Å². The van der Waals surface area contributed by atoms with Crippen molar-refractivity contribution in [1.82, 2.24) is 10.1 Å². The average molecular weight is 256 g/mol. The van der Waals surface area contributed by atoms with Gasteiger partial charge in [0.1, 0.15) is 11.5 Å². The first-order valence-corrected chi connectivity index (χ1v) is 5.98. The number of furan rings is 1. The molecular weight excluding hydrogens is 244 g/mol. The zero-order chi connectivity index (χ0) is 13.2. The summed E-state index contributed by atoms with van der Waals surface area (Å²) < 4.78 is 10.7. The second kappa shape index (κ2) is 4.61. The predicted molar refractivity (Wildman–Crippen MR) is 68.5 cm³/mol. The number of aromatic nitrogens is 2. The summed E-state index contributed by atoms with van der Waals surface area (Å²) in [6, 6.07) is 10.3. The first-order chi connectivity index (χ1) is 9.26. The molecule has 96 valence electrons. The minimum absolute atomic E-state index is 0.200. The van der Waals surface area contributed by atoms with Gasteiger partial charge in [0.05, 0.1) is 0 Å². The van der Waals surface area contributed by atoms with Gasteiger partial charge in [-0.25, -0.2) is 0 Å². The number of rotatable bonds is 3. The molecule has 2 aromatic heterocycles. The van der Waals surface area contributed by atoms with Crippen LogP contribution in [0.15, 0.2) is 45.3 Å². The predicted octanol–water partition coefficient (Wildman–Crippen LogP) is 3.26. The summed E-state index contributed by atoms with van der Waals surface area (Å²) in [4.78, 5) is 4.27. The zero-order valence-electron chi connectivity index (χ0n) is 10.3. The molecule has 0 fully saturated rings. The normalized spacial score (nSPS) is 10.8. The quantitative estimate of drug-likeness (QED) is 0.778. The van der Waals surface area contributed by atoms with E-state index in [-0.39, 0.29) is 5.75 Å². The van der Waals surface area contributed by atoms with Crippen molar-refractivity contribution >= 4 is 0 Å². The monoisotopic (exact) mass is 256 g/mol. The maximum absolute atomic E-state index is 9.24. The Morgan fingerprint density at radius 1 is 1.11 bits per heavy atom. The molecule has 0 aliphatic carbocycles. The van der Waals surface area contributed by atoms with Crippen LogP contribution < -0.4 is 0 Å². The van der Waals surface area contributed by atoms with Crippen molar-refractivity contribution in [3.8, 4) is 28.8 Å². The van der Waals surface area contributed by atoms with Gasteiger partial charge in [0, 0.05) is 12.0 Å². The van der Waals surface area contributed by atoms with Gasteiger partial charge < -0.3 is 14.0 Å². The van der Waals surface area contributed by atoms with Crippen molar-refractivity contribution in [2.45, 2.75) is 13.3 Å². The summed E-state index contributed by atoms with van der Waals surface area (Å²) in [6.07, 6.45) is 0.818. The van der Waals surface area contributed by atoms with Crippen LogP contribution in [0.25, 0.3) is 23.0 Å². The number of aryl methyl sites for hydroxylation is 1. The van der Waals surface area contributed by atoms with E-state index in [1.54, 1.807) is 24.3 Å². The molecule has 0 saturated carbocycles. The Morgan fingerprint density at radius 2 is 1.89 bits per heavy atom. The third kappa shape index (κ3) is 2.22. The van der Waals surface area contributed by atoms with Crippen LogP contribution in [-0.4, -0.2) is 15.2 Å². The van der Waals surface area contributed by atoms with Gasteiger partial charge in [-0.05, 0) is 36.4 Å². The topological polar surface area (TPSA) is 72.3 Å². The molecule has 2 heterocycles. The fourth-order valence-electron chi connectivity index (χ4n) is 1.73. The molecule has 0 aliphatic heterocycles. The van der Waals surface area contributed by atoms with Gasteiger partial charge >= 0.3 is 0 Å². The Kier molecular flexibility index (Phi) is 2.79. The molecule has 0 bridgehead atoms. The van der Waals surface area contributed by atoms with Crippen LogP contribution in [-0.2, 0) is 6.42 Å². The van der Waals surface area contributed by atoms with Gasteiger partial charge in [0.2, 0.25) is 5.82 Å². The molecule has 1 N–H and O–H groups in total. The largest absolute Gasteiger partial charge is 0.508 e. The second-order valence-corrected chi connectivity index (χ2v) is 4.09. The molecule has 3 aromatic rings. The summed E-state index contributed by atoms with van der Waals surface area (Å²) >= 11 is 0. The van der Waals surface area contributed by atoms with Crippen LogP contribution >= 0.6 is 0 Å². The molecule has 0 spiro atoms. The van der Waals surface area contributed by atoms with E-state index in [1.165, 1.54) is 0 Å². The lowest BCUT2D eigenvalue weighted by Gasteiger charge is -1.93. The van der Waals surface area contributed by atoms with Crippen molar-refractivity contribution in [2.75, 3.05) is 0 Å². The molecule has 0 unspecified atom stereocenters. The number of hydrogen-bond acceptors (Lipinski definition) is 5. The fraction of sp³-hybridized carbons (Fsp3) is 0.143. The van der Waals surface area contributed by atoms with Gasteiger partial charge in [0.25, 0.3) is 5.89 Å². The Bertz CT molecular complexity index is 683. The lowest BCUT2D eigenvalue weighted by atomic mass is 10.2. The highest BCUT2D eigenvalue weighted by molar-refractivity contribution is 5.58. The smallest absolute Gasteiger partial charge is 0.293 e. The molecule has 3 rings (SSSR count). The van der Waals surface area contributed by atoms with Gasteiger partial charge in [-0.2, -0.15) is 4.98 Å². The first kappa shape index (κ1) is 11.5. The molecule has 19 heavy (non-hydrogen) atoms. The molecular formula is C14H12N2O3. The number of phenolic OH excluding ortho intramolecular Hbond substituents is 1. The summed E-state index contributed by atoms with van der Waals surface area (Å²) in [5, 5.41) is 13.1. The van der Waals surface area contributed by atoms with Crippen molar-refractivity contribution in [1.29, 1.82) is 0 Å². The maximum atomic E-state index is 9.24. The minimum atomic E-state index is 0.200. The highest BCUT2D eigenvalue weighted by Crippen LogP contribution is 2.25. The molecule has 5 heteroatoms. The third-order valence-electron chi connectivity index (χ3n) is 2.77. The van der Waals surface area contributed by atoms with E-state index in [1.807, 2.05) is 19.1 Å². The Morgan fingerprint density at radius 3 is 2.58 bits per heavy atom. The molecule has 0 aliphatic rings. The number of benzene rings is 1. The average Bonchev–Trinajstić information content (AvgIpc) is 3.08. The summed E-state index contributed by atoms with van der Waals surface area (Å²) in [7, 11) is 0. The zero-order valence-corrected chi connectivity index (χ0v) is 10.3. The highest BCUT2D eigenvalue weighted by Gasteiger charge is 2.13. The number of hydrogen-bond donors (Lipinski definition) is 1. The molecule has 0 saturated heterocycles. The van der Waals surface area contributed by atoms with Gasteiger partial charge in [0.15, 0.2) is 5.76 Å². The molecule has 0 atom stereocenters. The second-order valence-electron chi connectivity index (χ2n) is 4.09. The molecule has 0 radical (unpaired) electrons. The SMILES string of the molecule is CCc1ccc(-c2nc(-c3ccc(O)cc3)no2)o1. The Balaban J connectivity index is 1.92. The van der Waals surface area contributed by atoms with E-state index in [2.05, 4.69) is 10.1 Å². The van der Waals surface area contributed by atoms with E-state index in [9.17, 15) is 5.11 Å². The van der Waals surface area contributed by atoms with Crippen LogP contribution in [0, 0.1) is 0 Å². The Labute approximate surface area is 109 Å². The number of aromatic hydroxyl groups is 1. The van der Waals surface area contributed by atoms with Crippen LogP contribution in [0.1, 0.15) is 12.7 Å². The fourth-order valence-corrected chi connectivity index (χ4v) is 1.73. The highest BCUT2D eigenvalue weighted by atomic mass is 16.5. The van der Waals surface area contributed by atoms with Crippen LogP contribution in [0.3, 0.4) is 0 Å². The Hall–Kier alpha value is -2.56. The standard InChI is InChI=1S/C14H12N2O3/c1-2-11-7-8-12(18-11)14-15-13(16-19-14)9-3-5-10(17)6-4-9/h3-8,17H,2H2,1H3. The van der Waals surface area contributed by atoms with Crippen molar-refractivity contribution in [2.24, 2.45) is 0 Å². The first-order valence-electron chi connectivity index (χ1n) is 5.98. The van der Waals surface area contributed by atoms with Gasteiger partial charge in [-0.15, -0.1) is 0 Å². The van der Waals surface area contributed by atoms with Crippen LogP contribution in [0.5, 0.6) is 5.75 Å². The van der Waals surface area contributed by atoms with Crippen molar-refractivity contribution in [3.05, 3.63) is 42.2 Å². The van der Waals surface area contributed by atoms with Gasteiger partial charge in [-0.3, -0.25) is 0 Å². The van der Waals surface area contributed by atoms with Crippen LogP contribution in [0.4, 0.5) is 0 Å². The summed E-state index contributed by atoms with van der Waals surface area (Å²) in [6.45, 7) is 2.01. The number of phenols is 1. The summed E-state index contributed by atoms with van der Waals surface area (Å²) in [5.74, 6) is 2.45. The molecule has 1 aromatic carbocycles.